The molecule has 3 aromatic rings. The lowest BCUT2D eigenvalue weighted by Crippen LogP contribution is -2.13. The van der Waals surface area contributed by atoms with Crippen LogP contribution in [0, 0.1) is 10.1 Å². The molecular formula is C20H17ClF3N5O3. The molecule has 0 saturated heterocycles. The number of nitro groups is 1. The quantitative estimate of drug-likeness (QED) is 0.371. The average molecular weight is 468 g/mol. The molecule has 0 aliphatic carbocycles. The summed E-state index contributed by atoms with van der Waals surface area (Å²) in [6, 6.07) is 10.8. The first kappa shape index (κ1) is 23.1. The predicted molar refractivity (Wildman–Crippen MR) is 111 cm³/mol. The number of alkyl halides is 3. The lowest BCUT2D eigenvalue weighted by molar-refractivity contribution is -0.377. The van der Waals surface area contributed by atoms with Crippen molar-refractivity contribution in [3.63, 3.8) is 0 Å². The van der Waals surface area contributed by atoms with E-state index in [1.807, 2.05) is 0 Å². The summed E-state index contributed by atoms with van der Waals surface area (Å²) < 4.78 is 45.8. The lowest BCUT2D eigenvalue weighted by atomic mass is 10.2. The van der Waals surface area contributed by atoms with Crippen molar-refractivity contribution in [1.29, 1.82) is 0 Å². The van der Waals surface area contributed by atoms with Crippen LogP contribution in [0.5, 0.6) is 5.75 Å². The summed E-state index contributed by atoms with van der Waals surface area (Å²) in [4.78, 5) is 12.5. The molecule has 2 aromatic carbocycles. The highest BCUT2D eigenvalue weighted by molar-refractivity contribution is 6.30. The van der Waals surface area contributed by atoms with Gasteiger partial charge in [-0.25, -0.2) is 0 Å². The van der Waals surface area contributed by atoms with Crippen molar-refractivity contribution < 1.29 is 22.8 Å². The van der Waals surface area contributed by atoms with Crippen LogP contribution < -0.4 is 4.74 Å². The van der Waals surface area contributed by atoms with Gasteiger partial charge in [0.1, 0.15) is 12.4 Å². The van der Waals surface area contributed by atoms with Crippen molar-refractivity contribution in [2.45, 2.75) is 12.8 Å². The first-order chi connectivity index (χ1) is 15.1. The van der Waals surface area contributed by atoms with Crippen LogP contribution >= 0.6 is 11.6 Å². The molecular weight excluding hydrogens is 451 g/mol. The zero-order chi connectivity index (χ0) is 23.5. The molecule has 3 rings (SSSR count). The van der Waals surface area contributed by atoms with Gasteiger partial charge in [-0.2, -0.15) is 13.2 Å². The second-order valence-electron chi connectivity index (χ2n) is 6.80. The SMILES string of the molecule is CN(C)C=C(c1nnc(COc2cccc(C(F)(F)F)c2)n1-c1ccc(Cl)cc1)[N+](=O)[O-]. The highest BCUT2D eigenvalue weighted by atomic mass is 35.5. The highest BCUT2D eigenvalue weighted by Gasteiger charge is 2.31. The third kappa shape index (κ3) is 5.35. The van der Waals surface area contributed by atoms with Gasteiger partial charge in [0, 0.05) is 24.8 Å². The van der Waals surface area contributed by atoms with E-state index in [2.05, 4.69) is 10.2 Å². The topological polar surface area (TPSA) is 86.3 Å². The molecule has 0 unspecified atom stereocenters. The van der Waals surface area contributed by atoms with Gasteiger partial charge in [-0.3, -0.25) is 14.7 Å². The van der Waals surface area contributed by atoms with Crippen molar-refractivity contribution in [1.82, 2.24) is 19.7 Å². The van der Waals surface area contributed by atoms with Crippen LogP contribution in [-0.4, -0.2) is 38.7 Å². The van der Waals surface area contributed by atoms with E-state index in [-0.39, 0.29) is 29.7 Å². The average Bonchev–Trinajstić information content (AvgIpc) is 3.14. The summed E-state index contributed by atoms with van der Waals surface area (Å²) in [5.74, 6) is 0.0327. The smallest absolute Gasteiger partial charge is 0.416 e. The number of hydrogen-bond acceptors (Lipinski definition) is 6. The number of nitrogens with zero attached hydrogens (tertiary/aromatic N) is 5. The van der Waals surface area contributed by atoms with Gasteiger partial charge in [-0.1, -0.05) is 17.7 Å². The Morgan fingerprint density at radius 2 is 1.91 bits per heavy atom. The monoisotopic (exact) mass is 467 g/mol. The van der Waals surface area contributed by atoms with Gasteiger partial charge < -0.3 is 9.64 Å². The van der Waals surface area contributed by atoms with E-state index < -0.39 is 16.7 Å². The van der Waals surface area contributed by atoms with E-state index in [1.54, 1.807) is 38.4 Å². The maximum Gasteiger partial charge on any atom is 0.416 e. The number of rotatable bonds is 7. The molecule has 0 bridgehead atoms. The fourth-order valence-electron chi connectivity index (χ4n) is 2.78. The van der Waals surface area contributed by atoms with Crippen LogP contribution in [0.3, 0.4) is 0 Å². The van der Waals surface area contributed by atoms with Crippen LogP contribution in [0.15, 0.2) is 54.7 Å². The van der Waals surface area contributed by atoms with E-state index in [1.165, 1.54) is 27.8 Å². The Balaban J connectivity index is 2.02. The van der Waals surface area contributed by atoms with E-state index in [4.69, 9.17) is 16.3 Å². The summed E-state index contributed by atoms with van der Waals surface area (Å²) >= 11 is 5.94. The first-order valence-electron chi connectivity index (χ1n) is 9.09. The zero-order valence-electron chi connectivity index (χ0n) is 16.9. The van der Waals surface area contributed by atoms with Gasteiger partial charge in [0.25, 0.3) is 0 Å². The lowest BCUT2D eigenvalue weighted by Gasteiger charge is -2.12. The summed E-state index contributed by atoms with van der Waals surface area (Å²) in [6.45, 7) is -0.288. The van der Waals surface area contributed by atoms with Gasteiger partial charge in [-0.05, 0) is 42.5 Å². The largest absolute Gasteiger partial charge is 0.486 e. The number of ether oxygens (including phenoxy) is 1. The molecule has 0 fully saturated rings. The maximum absolute atomic E-state index is 13.0. The minimum atomic E-state index is -4.52. The van der Waals surface area contributed by atoms with Crippen LogP contribution in [0.2, 0.25) is 5.02 Å². The minimum Gasteiger partial charge on any atom is -0.486 e. The molecule has 0 amide bonds. The van der Waals surface area contributed by atoms with E-state index in [9.17, 15) is 23.3 Å². The second-order valence-corrected chi connectivity index (χ2v) is 7.24. The molecule has 0 saturated carbocycles. The number of aromatic nitrogens is 3. The minimum absolute atomic E-state index is 0.0367. The summed E-state index contributed by atoms with van der Waals surface area (Å²) in [5, 5.41) is 20.0. The molecule has 0 N–H and O–H groups in total. The Hall–Kier alpha value is -3.60. The predicted octanol–water partition coefficient (Wildman–Crippen LogP) is 4.66. The van der Waals surface area contributed by atoms with E-state index in [0.717, 1.165) is 12.1 Å². The number of hydrogen-bond donors (Lipinski definition) is 0. The molecule has 0 radical (unpaired) electrons. The van der Waals surface area contributed by atoms with Crippen molar-refractivity contribution in [3.8, 4) is 11.4 Å². The van der Waals surface area contributed by atoms with Crippen molar-refractivity contribution >= 4 is 17.3 Å². The van der Waals surface area contributed by atoms with Crippen molar-refractivity contribution in [2.24, 2.45) is 0 Å². The van der Waals surface area contributed by atoms with Gasteiger partial charge in [0.15, 0.2) is 5.82 Å². The molecule has 0 aliphatic heterocycles. The summed E-state index contributed by atoms with van der Waals surface area (Å²) in [6.07, 6.45) is -3.25. The third-order valence-corrected chi connectivity index (χ3v) is 4.40. The molecule has 0 spiro atoms. The standard InChI is InChI=1S/C20H17ClF3N5O3/c1-27(2)11-17(29(30)31)19-26-25-18(28(19)15-8-6-14(21)7-9-15)12-32-16-5-3-4-13(10-16)20(22,23)24/h3-11H,12H2,1-2H3. The molecule has 1 aromatic heterocycles. The van der Waals surface area contributed by atoms with Crippen LogP contribution in [0.4, 0.5) is 13.2 Å². The third-order valence-electron chi connectivity index (χ3n) is 4.15. The molecule has 32 heavy (non-hydrogen) atoms. The fourth-order valence-corrected chi connectivity index (χ4v) is 2.90. The molecule has 0 atom stereocenters. The van der Waals surface area contributed by atoms with Crippen LogP contribution in [-0.2, 0) is 12.8 Å². The zero-order valence-corrected chi connectivity index (χ0v) is 17.6. The number of halogens is 4. The maximum atomic E-state index is 13.0. The van der Waals surface area contributed by atoms with Gasteiger partial charge in [0.05, 0.1) is 16.7 Å². The highest BCUT2D eigenvalue weighted by Crippen LogP contribution is 2.31. The van der Waals surface area contributed by atoms with E-state index >= 15 is 0 Å². The Morgan fingerprint density at radius 1 is 1.22 bits per heavy atom. The Bertz CT molecular complexity index is 1140. The second kappa shape index (κ2) is 9.27. The summed E-state index contributed by atoms with van der Waals surface area (Å²) in [7, 11) is 3.23. The van der Waals surface area contributed by atoms with Crippen molar-refractivity contribution in [3.05, 3.63) is 87.1 Å². The van der Waals surface area contributed by atoms with E-state index in [0.29, 0.717) is 10.7 Å². The van der Waals surface area contributed by atoms with Crippen molar-refractivity contribution in [2.75, 3.05) is 14.1 Å². The Kier molecular flexibility index (Phi) is 6.68. The molecule has 0 aliphatic rings. The van der Waals surface area contributed by atoms with Crippen LogP contribution in [0.25, 0.3) is 11.4 Å². The number of benzene rings is 2. The fraction of sp³-hybridized carbons (Fsp3) is 0.200. The molecule has 1 heterocycles. The van der Waals surface area contributed by atoms with Gasteiger partial charge in [-0.15, -0.1) is 10.2 Å². The van der Waals surface area contributed by atoms with Gasteiger partial charge >= 0.3 is 11.9 Å². The Labute approximate surface area is 185 Å². The first-order valence-corrected chi connectivity index (χ1v) is 9.47. The molecule has 12 heteroatoms. The Morgan fingerprint density at radius 3 is 2.50 bits per heavy atom. The summed E-state index contributed by atoms with van der Waals surface area (Å²) in [5.41, 5.74) is -0.731. The molecule has 8 nitrogen and oxygen atoms in total. The van der Waals surface area contributed by atoms with Gasteiger partial charge in [0.2, 0.25) is 5.82 Å². The normalized spacial score (nSPS) is 12.0. The molecule has 168 valence electrons. The van der Waals surface area contributed by atoms with Crippen LogP contribution in [0.1, 0.15) is 17.2 Å².